The SMILES string of the molecule is CC(=Nc1c(C)ccc2c1ccc1c(N(c3ccccc3)c3ccccc3-c3cccc(-c4ccccc4C)c3C)cccc12)c1ccccc1. The Hall–Kier alpha value is -6.25. The number of rotatable bonds is 7. The lowest BCUT2D eigenvalue weighted by Crippen LogP contribution is -2.12. The van der Waals surface area contributed by atoms with E-state index >= 15 is 0 Å². The Morgan fingerprint density at radius 3 is 1.73 bits per heavy atom. The van der Waals surface area contributed by atoms with Gasteiger partial charge in [0.15, 0.2) is 0 Å². The van der Waals surface area contributed by atoms with E-state index in [-0.39, 0.29) is 0 Å². The van der Waals surface area contributed by atoms with Gasteiger partial charge in [-0.1, -0.05) is 146 Å². The van der Waals surface area contributed by atoms with Gasteiger partial charge in [0.2, 0.25) is 0 Å². The van der Waals surface area contributed by atoms with Gasteiger partial charge in [0, 0.05) is 27.7 Å². The number of para-hydroxylation sites is 2. The highest BCUT2D eigenvalue weighted by Crippen LogP contribution is 2.46. The monoisotopic (exact) mass is 656 g/mol. The van der Waals surface area contributed by atoms with Crippen molar-refractivity contribution in [3.05, 3.63) is 192 Å². The molecule has 0 unspecified atom stereocenters. The first-order valence-electron chi connectivity index (χ1n) is 17.7. The zero-order chi connectivity index (χ0) is 34.9. The Labute approximate surface area is 301 Å². The minimum atomic E-state index is 1.01. The van der Waals surface area contributed by atoms with Crippen molar-refractivity contribution in [2.75, 3.05) is 4.90 Å². The van der Waals surface area contributed by atoms with E-state index in [2.05, 4.69) is 196 Å². The van der Waals surface area contributed by atoms with Crippen molar-refractivity contribution < 1.29 is 0 Å². The van der Waals surface area contributed by atoms with Crippen LogP contribution < -0.4 is 4.90 Å². The molecule has 0 aliphatic carbocycles. The van der Waals surface area contributed by atoms with Crippen LogP contribution in [0.15, 0.2) is 175 Å². The number of aliphatic imine (C=N–C) groups is 1. The lowest BCUT2D eigenvalue weighted by Gasteiger charge is -2.29. The molecule has 0 radical (unpaired) electrons. The normalized spacial score (nSPS) is 11.6. The highest BCUT2D eigenvalue weighted by Gasteiger charge is 2.21. The fourth-order valence-corrected chi connectivity index (χ4v) is 7.48. The molecule has 0 aliphatic rings. The highest BCUT2D eigenvalue weighted by atomic mass is 15.1. The van der Waals surface area contributed by atoms with Crippen LogP contribution in [0, 0.1) is 20.8 Å². The average molecular weight is 657 g/mol. The number of benzene rings is 8. The quantitative estimate of drug-likeness (QED) is 0.123. The summed E-state index contributed by atoms with van der Waals surface area (Å²) in [5.74, 6) is 0. The zero-order valence-electron chi connectivity index (χ0n) is 29.6. The molecule has 2 heteroatoms. The second kappa shape index (κ2) is 13.6. The second-order valence-corrected chi connectivity index (χ2v) is 13.3. The summed E-state index contributed by atoms with van der Waals surface area (Å²) in [4.78, 5) is 7.64. The molecule has 0 spiro atoms. The van der Waals surface area contributed by atoms with Gasteiger partial charge in [-0.2, -0.15) is 0 Å². The van der Waals surface area contributed by atoms with Crippen LogP contribution >= 0.6 is 0 Å². The molecule has 0 amide bonds. The Bertz CT molecular complexity index is 2560. The Morgan fingerprint density at radius 1 is 0.412 bits per heavy atom. The third-order valence-corrected chi connectivity index (χ3v) is 10.1. The summed E-state index contributed by atoms with van der Waals surface area (Å²) < 4.78 is 0. The molecule has 8 aromatic rings. The molecule has 0 fully saturated rings. The summed E-state index contributed by atoms with van der Waals surface area (Å²) in [6.45, 7) is 8.70. The summed E-state index contributed by atoms with van der Waals surface area (Å²) >= 11 is 0. The second-order valence-electron chi connectivity index (χ2n) is 13.3. The van der Waals surface area contributed by atoms with E-state index in [1.54, 1.807) is 0 Å². The largest absolute Gasteiger partial charge is 0.309 e. The molecule has 8 aromatic carbocycles. The van der Waals surface area contributed by atoms with Crippen molar-refractivity contribution in [1.29, 1.82) is 0 Å². The first-order chi connectivity index (χ1) is 25.0. The predicted molar refractivity (Wildman–Crippen MR) is 220 cm³/mol. The van der Waals surface area contributed by atoms with Crippen LogP contribution in [0.1, 0.15) is 29.2 Å². The van der Waals surface area contributed by atoms with E-state index in [1.807, 2.05) is 6.07 Å². The minimum Gasteiger partial charge on any atom is -0.309 e. The number of hydrogen-bond acceptors (Lipinski definition) is 2. The van der Waals surface area contributed by atoms with Crippen molar-refractivity contribution >= 4 is 50.0 Å². The van der Waals surface area contributed by atoms with Gasteiger partial charge in [-0.05, 0) is 102 Å². The maximum Gasteiger partial charge on any atom is 0.0740 e. The molecule has 0 atom stereocenters. The first-order valence-corrected chi connectivity index (χ1v) is 17.7. The number of nitrogens with zero attached hydrogens (tertiary/aromatic N) is 2. The fourth-order valence-electron chi connectivity index (χ4n) is 7.48. The van der Waals surface area contributed by atoms with Gasteiger partial charge >= 0.3 is 0 Å². The molecule has 2 nitrogen and oxygen atoms in total. The van der Waals surface area contributed by atoms with Crippen LogP contribution in [-0.2, 0) is 0 Å². The summed E-state index contributed by atoms with van der Waals surface area (Å²) in [5, 5.41) is 4.75. The topological polar surface area (TPSA) is 15.6 Å². The third kappa shape index (κ3) is 5.89. The van der Waals surface area contributed by atoms with Gasteiger partial charge in [-0.15, -0.1) is 0 Å². The molecule has 8 rings (SSSR count). The third-order valence-electron chi connectivity index (χ3n) is 10.1. The Kier molecular flexibility index (Phi) is 8.51. The van der Waals surface area contributed by atoms with Gasteiger partial charge in [-0.25, -0.2) is 0 Å². The van der Waals surface area contributed by atoms with Crippen LogP contribution in [0.4, 0.5) is 22.7 Å². The number of fused-ring (bicyclic) bond motifs is 3. The van der Waals surface area contributed by atoms with Gasteiger partial charge in [-0.3, -0.25) is 4.99 Å². The molecule has 246 valence electrons. The Morgan fingerprint density at radius 2 is 0.961 bits per heavy atom. The van der Waals surface area contributed by atoms with Crippen LogP contribution in [0.25, 0.3) is 43.8 Å². The lowest BCUT2D eigenvalue weighted by atomic mass is 9.90. The first kappa shape index (κ1) is 32.0. The Balaban J connectivity index is 1.33. The van der Waals surface area contributed by atoms with Gasteiger partial charge < -0.3 is 4.90 Å². The predicted octanol–water partition coefficient (Wildman–Crippen LogP) is 13.9. The van der Waals surface area contributed by atoms with E-state index in [0.717, 1.165) is 45.0 Å². The van der Waals surface area contributed by atoms with Crippen molar-refractivity contribution in [3.63, 3.8) is 0 Å². The molecular weight excluding hydrogens is 617 g/mol. The molecular formula is C49H40N2. The minimum absolute atomic E-state index is 1.01. The van der Waals surface area contributed by atoms with E-state index in [9.17, 15) is 0 Å². The summed E-state index contributed by atoms with van der Waals surface area (Å²) in [6, 6.07) is 61.1. The number of hydrogen-bond donors (Lipinski definition) is 0. The van der Waals surface area contributed by atoms with Crippen LogP contribution in [-0.4, -0.2) is 5.71 Å². The number of aryl methyl sites for hydroxylation is 2. The molecule has 0 aliphatic heterocycles. The van der Waals surface area contributed by atoms with Crippen LogP contribution in [0.2, 0.25) is 0 Å². The highest BCUT2D eigenvalue weighted by molar-refractivity contribution is 6.16. The number of anilines is 3. The standard InChI is InChI=1S/C49H40N2/c1-33-17-11-12-22-39(33)40-24-15-25-41(35(40)3)44-23-13-14-27-47(44)51(38-20-9-6-10-21-38)48-28-16-26-42-43-30-29-34(2)49(46(43)32-31-45(42)48)50-36(4)37-18-7-5-8-19-37/h5-32H,1-4H3. The maximum atomic E-state index is 5.21. The van der Waals surface area contributed by atoms with Crippen LogP contribution in [0.5, 0.6) is 0 Å². The van der Waals surface area contributed by atoms with Crippen LogP contribution in [0.3, 0.4) is 0 Å². The molecule has 0 saturated carbocycles. The maximum absolute atomic E-state index is 5.21. The zero-order valence-corrected chi connectivity index (χ0v) is 29.6. The summed E-state index contributed by atoms with van der Waals surface area (Å²) in [6.07, 6.45) is 0. The molecule has 0 bridgehead atoms. The van der Waals surface area contributed by atoms with Gasteiger partial charge in [0.1, 0.15) is 0 Å². The van der Waals surface area contributed by atoms with Crippen molar-refractivity contribution in [1.82, 2.24) is 0 Å². The summed E-state index contributed by atoms with van der Waals surface area (Å²) in [5.41, 5.74) is 15.2. The fraction of sp³-hybridized carbons (Fsp3) is 0.0816. The van der Waals surface area contributed by atoms with Crippen molar-refractivity contribution in [2.45, 2.75) is 27.7 Å². The van der Waals surface area contributed by atoms with E-state index in [4.69, 9.17) is 4.99 Å². The van der Waals surface area contributed by atoms with E-state index in [1.165, 1.54) is 49.5 Å². The smallest absolute Gasteiger partial charge is 0.0740 e. The van der Waals surface area contributed by atoms with Gasteiger partial charge in [0.25, 0.3) is 0 Å². The molecule has 51 heavy (non-hydrogen) atoms. The van der Waals surface area contributed by atoms with Crippen molar-refractivity contribution in [3.8, 4) is 22.3 Å². The average Bonchev–Trinajstić information content (AvgIpc) is 3.17. The lowest BCUT2D eigenvalue weighted by molar-refractivity contribution is 1.29. The molecule has 0 aromatic heterocycles. The van der Waals surface area contributed by atoms with E-state index < -0.39 is 0 Å². The summed E-state index contributed by atoms with van der Waals surface area (Å²) in [7, 11) is 0. The molecule has 0 heterocycles. The van der Waals surface area contributed by atoms with Gasteiger partial charge in [0.05, 0.1) is 17.1 Å². The van der Waals surface area contributed by atoms with E-state index in [0.29, 0.717) is 0 Å². The molecule has 0 saturated heterocycles. The van der Waals surface area contributed by atoms with Crippen molar-refractivity contribution in [2.24, 2.45) is 4.99 Å². The molecule has 0 N–H and O–H groups in total.